The lowest BCUT2D eigenvalue weighted by Crippen LogP contribution is -2.24. The number of aryl methyl sites for hydroxylation is 1. The lowest BCUT2D eigenvalue weighted by Gasteiger charge is -2.13. The molecule has 0 radical (unpaired) electrons. The van der Waals surface area contributed by atoms with E-state index < -0.39 is 12.1 Å². The maximum atomic E-state index is 11.1. The normalized spacial score (nSPS) is 12.0. The number of benzene rings is 1. The number of halogens is 1. The first kappa shape index (κ1) is 14.8. The van der Waals surface area contributed by atoms with E-state index in [1.165, 1.54) is 0 Å². The highest BCUT2D eigenvalue weighted by atomic mass is 35.5. The van der Waals surface area contributed by atoms with Crippen molar-refractivity contribution in [3.63, 3.8) is 0 Å². The zero-order valence-corrected chi connectivity index (χ0v) is 11.3. The maximum absolute atomic E-state index is 11.1. The summed E-state index contributed by atoms with van der Waals surface area (Å²) in [5.41, 5.74) is 1.81. The quantitative estimate of drug-likeness (QED) is 0.780. The highest BCUT2D eigenvalue weighted by molar-refractivity contribution is 6.33. The van der Waals surface area contributed by atoms with Crippen molar-refractivity contribution in [3.8, 4) is 0 Å². The third-order valence-electron chi connectivity index (χ3n) is 2.36. The Bertz CT molecular complexity index is 409. The third kappa shape index (κ3) is 4.94. The lowest BCUT2D eigenvalue weighted by atomic mass is 10.2. The van der Waals surface area contributed by atoms with Gasteiger partial charge in [0.1, 0.15) is 0 Å². The van der Waals surface area contributed by atoms with Crippen molar-refractivity contribution >= 4 is 23.3 Å². The lowest BCUT2D eigenvalue weighted by molar-refractivity contribution is -0.145. The van der Waals surface area contributed by atoms with Crippen LogP contribution >= 0.6 is 11.6 Å². The van der Waals surface area contributed by atoms with Crippen LogP contribution in [-0.4, -0.2) is 30.3 Å². The number of carbonyl (C=O) groups excluding carboxylic acids is 1. The molecule has 0 aliphatic rings. The molecule has 0 saturated heterocycles. The van der Waals surface area contributed by atoms with E-state index in [1.807, 2.05) is 25.1 Å². The van der Waals surface area contributed by atoms with Gasteiger partial charge in [0.2, 0.25) is 0 Å². The molecule has 0 fully saturated rings. The molecule has 0 heterocycles. The molecule has 5 heteroatoms. The predicted octanol–water partition coefficient (Wildman–Crippen LogP) is 2.37. The van der Waals surface area contributed by atoms with Crippen LogP contribution in [0.4, 0.5) is 5.69 Å². The molecule has 0 bridgehead atoms. The average Bonchev–Trinajstić information content (AvgIpc) is 2.28. The summed E-state index contributed by atoms with van der Waals surface area (Å²) in [6.07, 6.45) is -0.814. The van der Waals surface area contributed by atoms with Crippen molar-refractivity contribution in [1.82, 2.24) is 0 Å². The molecule has 2 N–H and O–H groups in total. The van der Waals surface area contributed by atoms with Gasteiger partial charge in [0.15, 0.2) is 0 Å². The van der Waals surface area contributed by atoms with E-state index in [1.54, 1.807) is 6.92 Å². The molecule has 0 aliphatic heterocycles. The first-order chi connectivity index (χ1) is 8.52. The smallest absolute Gasteiger partial charge is 0.308 e. The van der Waals surface area contributed by atoms with Crippen molar-refractivity contribution in [2.45, 2.75) is 26.4 Å². The Labute approximate surface area is 112 Å². The summed E-state index contributed by atoms with van der Waals surface area (Å²) in [7, 11) is 0. The Balaban J connectivity index is 2.42. The van der Waals surface area contributed by atoms with Gasteiger partial charge in [-0.25, -0.2) is 0 Å². The van der Waals surface area contributed by atoms with Gasteiger partial charge >= 0.3 is 5.97 Å². The molecule has 1 aromatic carbocycles. The second-order valence-electron chi connectivity index (χ2n) is 4.03. The monoisotopic (exact) mass is 271 g/mol. The van der Waals surface area contributed by atoms with Crippen LogP contribution in [0.3, 0.4) is 0 Å². The zero-order chi connectivity index (χ0) is 13.5. The highest BCUT2D eigenvalue weighted by Crippen LogP contribution is 2.22. The number of hydrogen-bond acceptors (Lipinski definition) is 4. The van der Waals surface area contributed by atoms with E-state index in [-0.39, 0.29) is 13.0 Å². The number of carbonyl (C=O) groups is 1. The van der Waals surface area contributed by atoms with Gasteiger partial charge in [0, 0.05) is 6.54 Å². The van der Waals surface area contributed by atoms with E-state index in [0.29, 0.717) is 11.6 Å². The summed E-state index contributed by atoms with van der Waals surface area (Å²) < 4.78 is 4.75. The number of aliphatic hydroxyl groups is 1. The molecule has 0 spiro atoms. The van der Waals surface area contributed by atoms with Crippen LogP contribution in [-0.2, 0) is 9.53 Å². The minimum absolute atomic E-state index is 0.0235. The number of esters is 1. The second kappa shape index (κ2) is 7.24. The molecule has 0 saturated carbocycles. The topological polar surface area (TPSA) is 58.6 Å². The summed E-state index contributed by atoms with van der Waals surface area (Å²) in [6, 6.07) is 5.60. The summed E-state index contributed by atoms with van der Waals surface area (Å²) in [6.45, 7) is 4.25. The van der Waals surface area contributed by atoms with Gasteiger partial charge in [-0.15, -0.1) is 0 Å². The van der Waals surface area contributed by atoms with Crippen molar-refractivity contribution in [3.05, 3.63) is 28.8 Å². The fraction of sp³-hybridized carbons (Fsp3) is 0.462. The molecule has 18 heavy (non-hydrogen) atoms. The van der Waals surface area contributed by atoms with E-state index in [4.69, 9.17) is 16.3 Å². The van der Waals surface area contributed by atoms with E-state index >= 15 is 0 Å². The number of ether oxygens (including phenoxy) is 1. The van der Waals surface area contributed by atoms with Crippen molar-refractivity contribution in [2.24, 2.45) is 0 Å². The molecule has 0 aromatic heterocycles. The molecule has 4 nitrogen and oxygen atoms in total. The van der Waals surface area contributed by atoms with Crippen LogP contribution in [0.2, 0.25) is 5.02 Å². The van der Waals surface area contributed by atoms with Gasteiger partial charge < -0.3 is 15.2 Å². The van der Waals surface area contributed by atoms with E-state index in [2.05, 4.69) is 5.32 Å². The standard InChI is InChI=1S/C13H18ClNO3/c1-3-18-13(17)7-10(16)8-15-12-5-4-9(2)6-11(12)14/h4-6,10,15-16H,3,7-8H2,1-2H3. The summed E-state index contributed by atoms with van der Waals surface area (Å²) in [4.78, 5) is 11.1. The van der Waals surface area contributed by atoms with E-state index in [9.17, 15) is 9.90 Å². The largest absolute Gasteiger partial charge is 0.466 e. The minimum atomic E-state index is -0.790. The van der Waals surface area contributed by atoms with Gasteiger partial charge in [-0.2, -0.15) is 0 Å². The molecular weight excluding hydrogens is 254 g/mol. The van der Waals surface area contributed by atoms with E-state index in [0.717, 1.165) is 11.3 Å². The SMILES string of the molecule is CCOC(=O)CC(O)CNc1ccc(C)cc1Cl. The molecule has 0 aliphatic carbocycles. The van der Waals surface area contributed by atoms with Crippen LogP contribution < -0.4 is 5.32 Å². The molecule has 0 amide bonds. The summed E-state index contributed by atoms with van der Waals surface area (Å²) in [5.74, 6) is -0.401. The minimum Gasteiger partial charge on any atom is -0.466 e. The average molecular weight is 272 g/mol. The van der Waals surface area contributed by atoms with Crippen LogP contribution in [0.15, 0.2) is 18.2 Å². The number of nitrogens with one attached hydrogen (secondary N) is 1. The fourth-order valence-corrected chi connectivity index (χ4v) is 1.78. The van der Waals surface area contributed by atoms with Crippen LogP contribution in [0.5, 0.6) is 0 Å². The number of hydrogen-bond donors (Lipinski definition) is 2. The van der Waals surface area contributed by atoms with Crippen molar-refractivity contribution < 1.29 is 14.6 Å². The highest BCUT2D eigenvalue weighted by Gasteiger charge is 2.11. The van der Waals surface area contributed by atoms with Crippen LogP contribution in [0.25, 0.3) is 0 Å². The molecule has 100 valence electrons. The van der Waals surface area contributed by atoms with Crippen molar-refractivity contribution in [2.75, 3.05) is 18.5 Å². The van der Waals surface area contributed by atoms with Gasteiger partial charge in [-0.05, 0) is 31.5 Å². The predicted molar refractivity (Wildman–Crippen MR) is 71.9 cm³/mol. The van der Waals surface area contributed by atoms with Crippen LogP contribution in [0.1, 0.15) is 18.9 Å². The van der Waals surface area contributed by atoms with Crippen molar-refractivity contribution in [1.29, 1.82) is 0 Å². The first-order valence-electron chi connectivity index (χ1n) is 5.86. The Morgan fingerprint density at radius 3 is 2.89 bits per heavy atom. The number of rotatable bonds is 6. The molecule has 1 aromatic rings. The Morgan fingerprint density at radius 2 is 2.28 bits per heavy atom. The summed E-state index contributed by atoms with van der Waals surface area (Å²) >= 11 is 6.03. The van der Waals surface area contributed by atoms with Crippen LogP contribution in [0, 0.1) is 6.92 Å². The van der Waals surface area contributed by atoms with Gasteiger partial charge in [0.05, 0.1) is 29.8 Å². The molecule has 1 unspecified atom stereocenters. The van der Waals surface area contributed by atoms with Gasteiger partial charge in [0.25, 0.3) is 0 Å². The third-order valence-corrected chi connectivity index (χ3v) is 2.67. The molecular formula is C13H18ClNO3. The Hall–Kier alpha value is -1.26. The Morgan fingerprint density at radius 1 is 1.56 bits per heavy atom. The second-order valence-corrected chi connectivity index (χ2v) is 4.43. The maximum Gasteiger partial charge on any atom is 0.308 e. The number of anilines is 1. The van der Waals surface area contributed by atoms with Gasteiger partial charge in [-0.1, -0.05) is 17.7 Å². The molecule has 1 rings (SSSR count). The summed E-state index contributed by atoms with van der Waals surface area (Å²) in [5, 5.41) is 13.2. The molecule has 1 atom stereocenters. The zero-order valence-electron chi connectivity index (χ0n) is 10.6. The first-order valence-corrected chi connectivity index (χ1v) is 6.24. The van der Waals surface area contributed by atoms with Gasteiger partial charge in [-0.3, -0.25) is 4.79 Å². The fourth-order valence-electron chi connectivity index (χ4n) is 1.48. The number of aliphatic hydroxyl groups excluding tert-OH is 1. The Kier molecular flexibility index (Phi) is 5.95.